The number of aryl methyl sites for hydroxylation is 3. The number of fused-ring (bicyclic) bond motifs is 1. The molecule has 3 aromatic heterocycles. The summed E-state index contributed by atoms with van der Waals surface area (Å²) in [6, 6.07) is 22.8. The van der Waals surface area contributed by atoms with Crippen molar-refractivity contribution in [3.8, 4) is 22.5 Å². The second-order valence-corrected chi connectivity index (χ2v) is 9.55. The number of aromatic amines is 1. The molecule has 0 atom stereocenters. The third-order valence-corrected chi connectivity index (χ3v) is 6.76. The number of hydrogen-bond acceptors (Lipinski definition) is 6. The highest BCUT2D eigenvalue weighted by molar-refractivity contribution is 5.84. The van der Waals surface area contributed by atoms with Gasteiger partial charge in [0.2, 0.25) is 5.82 Å². The summed E-state index contributed by atoms with van der Waals surface area (Å²) < 4.78 is 15.6. The van der Waals surface area contributed by atoms with Gasteiger partial charge in [0.1, 0.15) is 17.2 Å². The summed E-state index contributed by atoms with van der Waals surface area (Å²) in [5, 5.41) is 18.0. The molecule has 0 saturated heterocycles. The van der Waals surface area contributed by atoms with Gasteiger partial charge in [0, 0.05) is 29.1 Å². The molecule has 0 radical (unpaired) electrons. The number of halogens is 1. The van der Waals surface area contributed by atoms with Crippen LogP contribution in [-0.4, -0.2) is 35.2 Å². The molecule has 0 bridgehead atoms. The van der Waals surface area contributed by atoms with Crippen molar-refractivity contribution in [2.24, 2.45) is 0 Å². The molecular formula is C30H27FN8. The third kappa shape index (κ3) is 4.86. The standard InChI is InChI=1S/C30H27FN8/c1-4-27-34-28-18(2)15-19(3)32-30(28)39(27)17-20-5-7-21(8-6-20)26-16-24(33-23-11-9-22(31)10-12-23)13-14-25(26)29-35-37-38-36-29/h5-16,33H,4,17H2,1-3H3,(H,35,36,37,38). The number of rotatable bonds is 7. The lowest BCUT2D eigenvalue weighted by Gasteiger charge is -2.13. The van der Waals surface area contributed by atoms with Crippen LogP contribution in [0.2, 0.25) is 0 Å². The van der Waals surface area contributed by atoms with Crippen molar-refractivity contribution in [1.82, 2.24) is 35.2 Å². The molecular weight excluding hydrogens is 491 g/mol. The first-order valence-corrected chi connectivity index (χ1v) is 12.8. The highest BCUT2D eigenvalue weighted by Gasteiger charge is 2.15. The maximum absolute atomic E-state index is 13.4. The molecule has 0 aliphatic heterocycles. The van der Waals surface area contributed by atoms with E-state index in [1.165, 1.54) is 12.1 Å². The zero-order valence-electron chi connectivity index (χ0n) is 21.9. The Kier molecular flexibility index (Phi) is 6.32. The molecule has 9 heteroatoms. The molecule has 0 saturated carbocycles. The van der Waals surface area contributed by atoms with E-state index in [0.717, 1.165) is 68.3 Å². The lowest BCUT2D eigenvalue weighted by molar-refractivity contribution is 0.628. The van der Waals surface area contributed by atoms with E-state index >= 15 is 0 Å². The van der Waals surface area contributed by atoms with E-state index in [4.69, 9.17) is 9.97 Å². The van der Waals surface area contributed by atoms with Gasteiger partial charge in [-0.05, 0) is 89.8 Å². The molecule has 8 nitrogen and oxygen atoms in total. The number of imidazole rings is 1. The zero-order valence-corrected chi connectivity index (χ0v) is 21.9. The first-order chi connectivity index (χ1) is 19.0. The van der Waals surface area contributed by atoms with Crippen molar-refractivity contribution in [3.63, 3.8) is 0 Å². The predicted molar refractivity (Wildman–Crippen MR) is 150 cm³/mol. The Morgan fingerprint density at radius 3 is 2.36 bits per heavy atom. The summed E-state index contributed by atoms with van der Waals surface area (Å²) in [5.41, 5.74) is 9.64. The minimum absolute atomic E-state index is 0.274. The van der Waals surface area contributed by atoms with Crippen molar-refractivity contribution >= 4 is 22.5 Å². The van der Waals surface area contributed by atoms with E-state index in [1.54, 1.807) is 12.1 Å². The summed E-state index contributed by atoms with van der Waals surface area (Å²) in [7, 11) is 0. The third-order valence-electron chi connectivity index (χ3n) is 6.76. The number of aromatic nitrogens is 7. The smallest absolute Gasteiger partial charge is 0.205 e. The van der Waals surface area contributed by atoms with Gasteiger partial charge in [0.05, 0.1) is 6.54 Å². The first kappa shape index (κ1) is 24.4. The maximum atomic E-state index is 13.4. The van der Waals surface area contributed by atoms with Crippen LogP contribution in [0.25, 0.3) is 33.7 Å². The van der Waals surface area contributed by atoms with Crippen LogP contribution in [0.15, 0.2) is 72.8 Å². The number of hydrogen-bond donors (Lipinski definition) is 2. The molecule has 2 N–H and O–H groups in total. The molecule has 6 aromatic rings. The van der Waals surface area contributed by atoms with Crippen molar-refractivity contribution in [3.05, 3.63) is 101 Å². The Hall–Kier alpha value is -4.92. The number of benzene rings is 3. The Morgan fingerprint density at radius 2 is 1.64 bits per heavy atom. The SMILES string of the molecule is CCc1nc2c(C)cc(C)nc2n1Cc1ccc(-c2cc(Nc3ccc(F)cc3)ccc2-c2nn[nH]n2)cc1. The Balaban J connectivity index is 1.35. The molecule has 0 amide bonds. The second kappa shape index (κ2) is 10.1. The average Bonchev–Trinajstić information content (AvgIpc) is 3.59. The fraction of sp³-hybridized carbons (Fsp3) is 0.167. The summed E-state index contributed by atoms with van der Waals surface area (Å²) in [6.07, 6.45) is 0.828. The van der Waals surface area contributed by atoms with E-state index in [1.807, 2.05) is 25.1 Å². The van der Waals surface area contributed by atoms with Gasteiger partial charge in [-0.25, -0.2) is 14.4 Å². The van der Waals surface area contributed by atoms with Crippen molar-refractivity contribution in [1.29, 1.82) is 0 Å². The summed E-state index contributed by atoms with van der Waals surface area (Å²) in [5.74, 6) is 1.26. The molecule has 0 aliphatic rings. The van der Waals surface area contributed by atoms with Crippen LogP contribution in [0.5, 0.6) is 0 Å². The van der Waals surface area contributed by atoms with E-state index in [-0.39, 0.29) is 5.82 Å². The number of pyridine rings is 1. The highest BCUT2D eigenvalue weighted by Crippen LogP contribution is 2.34. The van der Waals surface area contributed by atoms with Gasteiger partial charge in [-0.1, -0.05) is 31.2 Å². The number of tetrazole rings is 1. The zero-order chi connectivity index (χ0) is 26.9. The number of anilines is 2. The van der Waals surface area contributed by atoms with Crippen LogP contribution >= 0.6 is 0 Å². The van der Waals surface area contributed by atoms with E-state index < -0.39 is 0 Å². The van der Waals surface area contributed by atoms with Crippen LogP contribution in [-0.2, 0) is 13.0 Å². The van der Waals surface area contributed by atoms with Gasteiger partial charge in [-0.3, -0.25) is 0 Å². The van der Waals surface area contributed by atoms with Crippen molar-refractivity contribution in [2.75, 3.05) is 5.32 Å². The summed E-state index contributed by atoms with van der Waals surface area (Å²) in [4.78, 5) is 9.68. The highest BCUT2D eigenvalue weighted by atomic mass is 19.1. The topological polar surface area (TPSA) is 97.2 Å². The molecule has 3 aromatic carbocycles. The normalized spacial score (nSPS) is 11.3. The lowest BCUT2D eigenvalue weighted by atomic mass is 9.97. The van der Waals surface area contributed by atoms with E-state index in [0.29, 0.717) is 12.4 Å². The number of nitrogens with one attached hydrogen (secondary N) is 2. The second-order valence-electron chi connectivity index (χ2n) is 9.55. The largest absolute Gasteiger partial charge is 0.356 e. The van der Waals surface area contributed by atoms with Crippen LogP contribution < -0.4 is 5.32 Å². The number of H-pyrrole nitrogens is 1. The molecule has 194 valence electrons. The number of nitrogens with zero attached hydrogens (tertiary/aromatic N) is 6. The quantitative estimate of drug-likeness (QED) is 0.254. The molecule has 0 spiro atoms. The molecule has 0 unspecified atom stereocenters. The van der Waals surface area contributed by atoms with Gasteiger partial charge < -0.3 is 9.88 Å². The molecule has 3 heterocycles. The van der Waals surface area contributed by atoms with Crippen LogP contribution in [0.4, 0.5) is 15.8 Å². The van der Waals surface area contributed by atoms with Gasteiger partial charge in [0.25, 0.3) is 0 Å². The fourth-order valence-corrected chi connectivity index (χ4v) is 4.89. The van der Waals surface area contributed by atoms with Gasteiger partial charge >= 0.3 is 0 Å². The van der Waals surface area contributed by atoms with Crippen LogP contribution in [0, 0.1) is 19.7 Å². The maximum Gasteiger partial charge on any atom is 0.205 e. The van der Waals surface area contributed by atoms with Crippen molar-refractivity contribution in [2.45, 2.75) is 33.7 Å². The van der Waals surface area contributed by atoms with Crippen LogP contribution in [0.1, 0.15) is 29.6 Å². The van der Waals surface area contributed by atoms with Crippen LogP contribution in [0.3, 0.4) is 0 Å². The Morgan fingerprint density at radius 1 is 0.872 bits per heavy atom. The Labute approximate surface area is 225 Å². The molecule has 0 aliphatic carbocycles. The van der Waals surface area contributed by atoms with Gasteiger partial charge in [0.15, 0.2) is 5.65 Å². The minimum Gasteiger partial charge on any atom is -0.356 e. The summed E-state index contributed by atoms with van der Waals surface area (Å²) >= 11 is 0. The molecule has 0 fully saturated rings. The predicted octanol–water partition coefficient (Wildman–Crippen LogP) is 6.39. The van der Waals surface area contributed by atoms with Crippen molar-refractivity contribution < 1.29 is 4.39 Å². The Bertz CT molecular complexity index is 1750. The van der Waals surface area contributed by atoms with E-state index in [9.17, 15) is 4.39 Å². The monoisotopic (exact) mass is 518 g/mol. The average molecular weight is 519 g/mol. The first-order valence-electron chi connectivity index (χ1n) is 12.8. The lowest BCUT2D eigenvalue weighted by Crippen LogP contribution is -2.05. The van der Waals surface area contributed by atoms with E-state index in [2.05, 4.69) is 74.7 Å². The van der Waals surface area contributed by atoms with Gasteiger partial charge in [-0.2, -0.15) is 5.21 Å². The molecule has 6 rings (SSSR count). The fourth-order valence-electron chi connectivity index (χ4n) is 4.89. The van der Waals surface area contributed by atoms with Gasteiger partial charge in [-0.15, -0.1) is 10.2 Å². The summed E-state index contributed by atoms with van der Waals surface area (Å²) in [6.45, 7) is 6.91. The molecule has 39 heavy (non-hydrogen) atoms. The minimum atomic E-state index is -0.274.